The Labute approximate surface area is 72.4 Å². The molecule has 4 heteroatoms. The zero-order valence-electron chi connectivity index (χ0n) is 7.54. The molecule has 0 aliphatic heterocycles. The van der Waals surface area contributed by atoms with Crippen LogP contribution in [0.1, 0.15) is 25.3 Å². The second kappa shape index (κ2) is 4.64. The monoisotopic (exact) mass is 166 g/mol. The van der Waals surface area contributed by atoms with Gasteiger partial charge in [-0.1, -0.05) is 13.3 Å². The van der Waals surface area contributed by atoms with Gasteiger partial charge in [0.1, 0.15) is 0 Å². The molecule has 1 rings (SSSR count). The van der Waals surface area contributed by atoms with E-state index in [0.717, 1.165) is 24.3 Å². The molecule has 0 aliphatic carbocycles. The highest BCUT2D eigenvalue weighted by atomic mass is 15.3. The van der Waals surface area contributed by atoms with E-state index in [1.807, 2.05) is 6.92 Å². The normalized spacial score (nSPS) is 9.83. The summed E-state index contributed by atoms with van der Waals surface area (Å²) in [6, 6.07) is 0. The quantitative estimate of drug-likeness (QED) is 0.687. The van der Waals surface area contributed by atoms with E-state index in [-0.39, 0.29) is 0 Å². The Morgan fingerprint density at radius 2 is 2.33 bits per heavy atom. The Bertz CT molecular complexity index is 236. The van der Waals surface area contributed by atoms with E-state index in [2.05, 4.69) is 27.7 Å². The summed E-state index contributed by atoms with van der Waals surface area (Å²) in [6.07, 6.45) is 4.05. The number of aryl methyl sites for hydroxylation is 1. The molecule has 4 nitrogen and oxygen atoms in total. The van der Waals surface area contributed by atoms with Gasteiger partial charge >= 0.3 is 0 Å². The van der Waals surface area contributed by atoms with Crippen molar-refractivity contribution in [1.82, 2.24) is 15.4 Å². The average Bonchev–Trinajstić information content (AvgIpc) is 2.09. The van der Waals surface area contributed by atoms with Crippen LogP contribution in [0.5, 0.6) is 0 Å². The second-order valence-corrected chi connectivity index (χ2v) is 2.75. The third kappa shape index (κ3) is 2.45. The van der Waals surface area contributed by atoms with E-state index < -0.39 is 0 Å². The molecule has 1 N–H and O–H groups in total. The van der Waals surface area contributed by atoms with Crippen molar-refractivity contribution in [1.29, 1.82) is 0 Å². The molecular weight excluding hydrogens is 152 g/mol. The third-order valence-corrected chi connectivity index (χ3v) is 1.64. The number of hydrogen-bond donors (Lipinski definition) is 1. The Morgan fingerprint density at radius 1 is 1.50 bits per heavy atom. The highest BCUT2D eigenvalue weighted by Gasteiger charge is 1.97. The first kappa shape index (κ1) is 8.90. The fraction of sp³-hybridized carbons (Fsp3) is 0.625. The molecule has 0 radical (unpaired) electrons. The Kier molecular flexibility index (Phi) is 3.44. The average molecular weight is 166 g/mol. The molecule has 1 aromatic rings. The van der Waals surface area contributed by atoms with Gasteiger partial charge in [-0.05, 0) is 18.6 Å². The summed E-state index contributed by atoms with van der Waals surface area (Å²) in [7, 11) is 0. The minimum atomic E-state index is 0.846. The van der Waals surface area contributed by atoms with Gasteiger partial charge < -0.3 is 5.32 Å². The molecule has 12 heavy (non-hydrogen) atoms. The lowest BCUT2D eigenvalue weighted by Crippen LogP contribution is -2.06. The molecule has 0 bridgehead atoms. The summed E-state index contributed by atoms with van der Waals surface area (Å²) in [5.41, 5.74) is 1.04. The second-order valence-electron chi connectivity index (χ2n) is 2.75. The number of aromatic nitrogens is 3. The molecule has 0 aromatic carbocycles. The maximum Gasteiger partial charge on any atom is 0.154 e. The largest absolute Gasteiger partial charge is 0.368 e. The van der Waals surface area contributed by atoms with Gasteiger partial charge in [-0.15, -0.1) is 10.2 Å². The zero-order chi connectivity index (χ0) is 8.81. The first-order valence-electron chi connectivity index (χ1n) is 4.23. The van der Waals surface area contributed by atoms with Gasteiger partial charge in [0.2, 0.25) is 0 Å². The fourth-order valence-corrected chi connectivity index (χ4v) is 0.881. The van der Waals surface area contributed by atoms with Gasteiger partial charge in [0.25, 0.3) is 0 Å². The molecule has 66 valence electrons. The molecular formula is C8H14N4. The molecule has 1 aromatic heterocycles. The van der Waals surface area contributed by atoms with Crippen LogP contribution in [0.3, 0.4) is 0 Å². The molecule has 0 aliphatic rings. The van der Waals surface area contributed by atoms with Crippen molar-refractivity contribution in [2.24, 2.45) is 0 Å². The van der Waals surface area contributed by atoms with Gasteiger partial charge in [-0.3, -0.25) is 0 Å². The van der Waals surface area contributed by atoms with E-state index in [1.54, 1.807) is 6.20 Å². The van der Waals surface area contributed by atoms with Gasteiger partial charge in [-0.25, -0.2) is 0 Å². The molecule has 0 saturated heterocycles. The summed E-state index contributed by atoms with van der Waals surface area (Å²) >= 11 is 0. The van der Waals surface area contributed by atoms with Crippen LogP contribution >= 0.6 is 0 Å². The van der Waals surface area contributed by atoms with E-state index in [0.29, 0.717) is 0 Å². The lowest BCUT2D eigenvalue weighted by Gasteiger charge is -2.04. The molecule has 0 saturated carbocycles. The molecule has 1 heterocycles. The number of nitrogens with zero attached hydrogens (tertiary/aromatic N) is 3. The molecule has 0 unspecified atom stereocenters. The lowest BCUT2D eigenvalue weighted by atomic mass is 10.3. The van der Waals surface area contributed by atoms with Crippen molar-refractivity contribution in [3.05, 3.63) is 11.8 Å². The van der Waals surface area contributed by atoms with Crippen molar-refractivity contribution in [3.8, 4) is 0 Å². The van der Waals surface area contributed by atoms with Crippen molar-refractivity contribution in [2.45, 2.75) is 26.7 Å². The third-order valence-electron chi connectivity index (χ3n) is 1.64. The minimum absolute atomic E-state index is 0.846. The van der Waals surface area contributed by atoms with Crippen LogP contribution in [0.4, 0.5) is 5.82 Å². The highest BCUT2D eigenvalue weighted by Crippen LogP contribution is 2.05. The number of rotatable bonds is 4. The van der Waals surface area contributed by atoms with Crippen LogP contribution in [0.2, 0.25) is 0 Å². The smallest absolute Gasteiger partial charge is 0.154 e. The van der Waals surface area contributed by atoms with Gasteiger partial charge in [0.05, 0.1) is 6.20 Å². The predicted molar refractivity (Wildman–Crippen MR) is 48.0 cm³/mol. The van der Waals surface area contributed by atoms with E-state index in [4.69, 9.17) is 0 Å². The Morgan fingerprint density at radius 3 is 3.00 bits per heavy atom. The van der Waals surface area contributed by atoms with Crippen LogP contribution in [-0.4, -0.2) is 22.0 Å². The van der Waals surface area contributed by atoms with Crippen molar-refractivity contribution >= 4 is 5.82 Å². The van der Waals surface area contributed by atoms with Crippen LogP contribution in [0.15, 0.2) is 6.20 Å². The summed E-state index contributed by atoms with van der Waals surface area (Å²) in [5, 5.41) is 14.3. The van der Waals surface area contributed by atoms with Crippen LogP contribution in [0, 0.1) is 6.92 Å². The van der Waals surface area contributed by atoms with E-state index >= 15 is 0 Å². The number of anilines is 1. The number of hydrogen-bond acceptors (Lipinski definition) is 4. The van der Waals surface area contributed by atoms with Gasteiger partial charge in [0, 0.05) is 12.1 Å². The highest BCUT2D eigenvalue weighted by molar-refractivity contribution is 5.39. The first-order valence-corrected chi connectivity index (χ1v) is 4.23. The fourth-order valence-electron chi connectivity index (χ4n) is 0.881. The Balaban J connectivity index is 2.46. The van der Waals surface area contributed by atoms with Crippen molar-refractivity contribution in [3.63, 3.8) is 0 Å². The van der Waals surface area contributed by atoms with E-state index in [1.165, 1.54) is 6.42 Å². The Hall–Kier alpha value is -1.19. The van der Waals surface area contributed by atoms with Crippen LogP contribution in [0.25, 0.3) is 0 Å². The number of nitrogens with one attached hydrogen (secondary N) is 1. The SMILES string of the molecule is CCCCNc1nnncc1C. The minimum Gasteiger partial charge on any atom is -0.368 e. The maximum absolute atomic E-state index is 3.88. The summed E-state index contributed by atoms with van der Waals surface area (Å²) in [6.45, 7) is 5.08. The van der Waals surface area contributed by atoms with Crippen LogP contribution in [-0.2, 0) is 0 Å². The predicted octanol–water partition coefficient (Wildman–Crippen LogP) is 1.39. The number of unbranched alkanes of at least 4 members (excludes halogenated alkanes) is 1. The van der Waals surface area contributed by atoms with Crippen LogP contribution < -0.4 is 5.32 Å². The molecule has 0 amide bonds. The van der Waals surface area contributed by atoms with Crippen molar-refractivity contribution in [2.75, 3.05) is 11.9 Å². The summed E-state index contributed by atoms with van der Waals surface area (Å²) in [5.74, 6) is 0.846. The maximum atomic E-state index is 3.88. The summed E-state index contributed by atoms with van der Waals surface area (Å²) < 4.78 is 0. The molecule has 0 spiro atoms. The lowest BCUT2D eigenvalue weighted by molar-refractivity contribution is 0.808. The zero-order valence-corrected chi connectivity index (χ0v) is 7.54. The van der Waals surface area contributed by atoms with Gasteiger partial charge in [0.15, 0.2) is 5.82 Å². The van der Waals surface area contributed by atoms with Crippen molar-refractivity contribution < 1.29 is 0 Å². The van der Waals surface area contributed by atoms with Gasteiger partial charge in [-0.2, -0.15) is 0 Å². The standard InChI is InChI=1S/C8H14N4/c1-3-4-5-9-8-7(2)6-10-12-11-8/h6H,3-5H2,1-2H3,(H,9,10,11). The molecule has 0 fully saturated rings. The molecule has 0 atom stereocenters. The first-order chi connectivity index (χ1) is 5.84. The summed E-state index contributed by atoms with van der Waals surface area (Å²) in [4.78, 5) is 0. The van der Waals surface area contributed by atoms with E-state index in [9.17, 15) is 0 Å². The topological polar surface area (TPSA) is 50.7 Å².